The molecule has 1 N–H and O–H groups in total. The number of alkyl carbamates (subject to hydrolysis) is 1. The van der Waals surface area contributed by atoms with E-state index in [9.17, 15) is 10.1 Å². The standard InChI is InChI=1S/C25H26N4O4/c1-16-9-10-27-25(30)32-15-19-12-17(5-6-18(19)14-26)24-21-13-20(33-16)7-8-22(21)29(28-24)23-4-2-3-11-31-23/h5-8,12-13,16,23H,2-4,9-11,15H2,1H3,(H,27,30)/t16-,23?/m1/s1. The molecule has 0 radical (unpaired) electrons. The van der Waals surface area contributed by atoms with Crippen LogP contribution in [-0.2, 0) is 16.1 Å². The van der Waals surface area contributed by atoms with E-state index in [0.717, 1.165) is 53.8 Å². The first kappa shape index (κ1) is 21.3. The molecule has 8 nitrogen and oxygen atoms in total. The molecule has 1 unspecified atom stereocenters. The Morgan fingerprint density at radius 3 is 2.91 bits per heavy atom. The van der Waals surface area contributed by atoms with Crippen LogP contribution in [0.4, 0.5) is 4.79 Å². The maximum Gasteiger partial charge on any atom is 0.407 e. The predicted molar refractivity (Wildman–Crippen MR) is 122 cm³/mol. The Morgan fingerprint density at radius 2 is 2.09 bits per heavy atom. The van der Waals surface area contributed by atoms with Gasteiger partial charge in [-0.1, -0.05) is 6.07 Å². The van der Waals surface area contributed by atoms with Gasteiger partial charge in [-0.25, -0.2) is 9.48 Å². The maximum atomic E-state index is 12.1. The van der Waals surface area contributed by atoms with Gasteiger partial charge in [-0.3, -0.25) is 0 Å². The lowest BCUT2D eigenvalue weighted by molar-refractivity contribution is -0.0365. The lowest BCUT2D eigenvalue weighted by atomic mass is 10.0. The fraction of sp³-hybridized carbons (Fsp3) is 0.400. The summed E-state index contributed by atoms with van der Waals surface area (Å²) in [5.74, 6) is 0.742. The number of nitrogens with one attached hydrogen (secondary N) is 1. The number of fused-ring (bicyclic) bond motifs is 4. The van der Waals surface area contributed by atoms with Crippen molar-refractivity contribution in [2.45, 2.75) is 51.5 Å². The number of amides is 1. The number of carbonyl (C=O) groups excluding carboxylic acids is 1. The van der Waals surface area contributed by atoms with Crippen LogP contribution in [0.15, 0.2) is 36.4 Å². The number of carbonyl (C=O) groups is 1. The molecule has 3 heterocycles. The highest BCUT2D eigenvalue weighted by molar-refractivity contribution is 5.94. The Kier molecular flexibility index (Phi) is 5.88. The number of rotatable bonds is 1. The minimum Gasteiger partial charge on any atom is -0.491 e. The summed E-state index contributed by atoms with van der Waals surface area (Å²) in [6.07, 6.45) is 2.97. The van der Waals surface area contributed by atoms with Crippen molar-refractivity contribution in [2.75, 3.05) is 13.2 Å². The zero-order valence-electron chi connectivity index (χ0n) is 18.5. The van der Waals surface area contributed by atoms with Crippen LogP contribution in [0, 0.1) is 11.3 Å². The molecule has 33 heavy (non-hydrogen) atoms. The average Bonchev–Trinajstić information content (AvgIpc) is 3.21. The number of hydrogen-bond donors (Lipinski definition) is 1. The van der Waals surface area contributed by atoms with Crippen molar-refractivity contribution in [1.29, 1.82) is 5.26 Å². The van der Waals surface area contributed by atoms with Gasteiger partial charge in [-0.2, -0.15) is 10.4 Å². The number of nitrogens with zero attached hydrogens (tertiary/aromatic N) is 3. The Bertz CT molecular complexity index is 1220. The maximum absolute atomic E-state index is 12.1. The van der Waals surface area contributed by atoms with Crippen molar-refractivity contribution in [3.63, 3.8) is 0 Å². The molecule has 0 spiro atoms. The van der Waals surface area contributed by atoms with Gasteiger partial charge < -0.3 is 19.5 Å². The Balaban J connectivity index is 1.66. The second-order valence-corrected chi connectivity index (χ2v) is 8.50. The SMILES string of the molecule is C[C@@H]1CCNC(=O)OCc2cc(ccc2C#N)-c2nn(C3CCCCO3)c3ccc(cc23)O1. The Labute approximate surface area is 192 Å². The summed E-state index contributed by atoms with van der Waals surface area (Å²) in [7, 11) is 0. The quantitative estimate of drug-likeness (QED) is 0.583. The molecule has 170 valence electrons. The predicted octanol–water partition coefficient (Wildman–Crippen LogP) is 4.67. The average molecular weight is 447 g/mol. The lowest BCUT2D eigenvalue weighted by Crippen LogP contribution is -2.28. The van der Waals surface area contributed by atoms with Gasteiger partial charge in [0.1, 0.15) is 18.1 Å². The third kappa shape index (κ3) is 4.37. The van der Waals surface area contributed by atoms with E-state index in [1.54, 1.807) is 6.07 Å². The first-order valence-electron chi connectivity index (χ1n) is 11.4. The molecule has 8 heteroatoms. The van der Waals surface area contributed by atoms with Crippen molar-refractivity contribution in [3.05, 3.63) is 47.5 Å². The highest BCUT2D eigenvalue weighted by Gasteiger charge is 2.23. The van der Waals surface area contributed by atoms with Crippen LogP contribution in [0.2, 0.25) is 0 Å². The third-order valence-corrected chi connectivity index (χ3v) is 6.12. The van der Waals surface area contributed by atoms with E-state index in [-0.39, 0.29) is 18.9 Å². The molecule has 1 aromatic heterocycles. The first-order chi connectivity index (χ1) is 16.1. The zero-order valence-corrected chi connectivity index (χ0v) is 18.5. The number of ether oxygens (including phenoxy) is 3. The largest absolute Gasteiger partial charge is 0.491 e. The highest BCUT2D eigenvalue weighted by Crippen LogP contribution is 2.35. The number of hydrogen-bond acceptors (Lipinski definition) is 6. The first-order valence-corrected chi connectivity index (χ1v) is 11.4. The molecule has 2 aliphatic rings. The second kappa shape index (κ2) is 9.12. The monoisotopic (exact) mass is 446 g/mol. The van der Waals surface area contributed by atoms with Gasteiger partial charge in [-0.15, -0.1) is 0 Å². The third-order valence-electron chi connectivity index (χ3n) is 6.12. The number of aromatic nitrogens is 2. The van der Waals surface area contributed by atoms with E-state index in [1.165, 1.54) is 0 Å². The van der Waals surface area contributed by atoms with E-state index in [2.05, 4.69) is 11.4 Å². The van der Waals surface area contributed by atoms with E-state index < -0.39 is 6.09 Å². The van der Waals surface area contributed by atoms with E-state index in [0.29, 0.717) is 24.1 Å². The van der Waals surface area contributed by atoms with E-state index >= 15 is 0 Å². The number of benzene rings is 2. The summed E-state index contributed by atoms with van der Waals surface area (Å²) < 4.78 is 19.5. The molecule has 4 bridgehead atoms. The molecule has 1 saturated heterocycles. The van der Waals surface area contributed by atoms with Crippen LogP contribution in [0.5, 0.6) is 5.75 Å². The fourth-order valence-corrected chi connectivity index (χ4v) is 4.38. The minimum absolute atomic E-state index is 0.00421. The van der Waals surface area contributed by atoms with Gasteiger partial charge in [-0.05, 0) is 56.5 Å². The van der Waals surface area contributed by atoms with Crippen LogP contribution in [0.3, 0.4) is 0 Å². The topological polar surface area (TPSA) is 98.4 Å². The number of cyclic esters (lactones) is 1. The molecular formula is C25H26N4O4. The summed E-state index contributed by atoms with van der Waals surface area (Å²) in [4.78, 5) is 12.1. The second-order valence-electron chi connectivity index (χ2n) is 8.50. The molecule has 5 rings (SSSR count). The van der Waals surface area contributed by atoms with Gasteiger partial charge >= 0.3 is 6.09 Å². The Morgan fingerprint density at radius 1 is 1.18 bits per heavy atom. The molecular weight excluding hydrogens is 420 g/mol. The summed E-state index contributed by atoms with van der Waals surface area (Å²) in [6.45, 7) is 3.12. The van der Waals surface area contributed by atoms with Gasteiger partial charge in [0.15, 0.2) is 6.23 Å². The molecule has 3 aromatic rings. The van der Waals surface area contributed by atoms with Crippen molar-refractivity contribution >= 4 is 17.0 Å². The zero-order chi connectivity index (χ0) is 22.8. The van der Waals surface area contributed by atoms with Gasteiger partial charge in [0.25, 0.3) is 0 Å². The van der Waals surface area contributed by atoms with Crippen LogP contribution < -0.4 is 10.1 Å². The van der Waals surface area contributed by atoms with Crippen LogP contribution in [-0.4, -0.2) is 35.1 Å². The molecule has 2 aliphatic heterocycles. The molecule has 2 atom stereocenters. The van der Waals surface area contributed by atoms with Gasteiger partial charge in [0, 0.05) is 36.1 Å². The van der Waals surface area contributed by atoms with E-state index in [4.69, 9.17) is 19.3 Å². The van der Waals surface area contributed by atoms with Crippen LogP contribution >= 0.6 is 0 Å². The summed E-state index contributed by atoms with van der Waals surface area (Å²) in [6, 6.07) is 13.7. The van der Waals surface area contributed by atoms with Crippen molar-refractivity contribution < 1.29 is 19.0 Å². The molecule has 2 aromatic carbocycles. The smallest absolute Gasteiger partial charge is 0.407 e. The highest BCUT2D eigenvalue weighted by atomic mass is 16.5. The summed E-state index contributed by atoms with van der Waals surface area (Å²) in [5, 5.41) is 18.2. The van der Waals surface area contributed by atoms with Crippen molar-refractivity contribution in [2.24, 2.45) is 0 Å². The molecule has 1 amide bonds. The van der Waals surface area contributed by atoms with Crippen molar-refractivity contribution in [3.8, 4) is 23.1 Å². The molecule has 0 saturated carbocycles. The Hall–Kier alpha value is -3.57. The van der Waals surface area contributed by atoms with Crippen molar-refractivity contribution in [1.82, 2.24) is 15.1 Å². The molecule has 1 fully saturated rings. The van der Waals surface area contributed by atoms with E-state index in [1.807, 2.05) is 41.9 Å². The summed E-state index contributed by atoms with van der Waals surface area (Å²) in [5.41, 5.74) is 3.69. The van der Waals surface area contributed by atoms with Gasteiger partial charge in [0.2, 0.25) is 0 Å². The summed E-state index contributed by atoms with van der Waals surface area (Å²) >= 11 is 0. The van der Waals surface area contributed by atoms with Gasteiger partial charge in [0.05, 0.1) is 23.3 Å². The number of nitriles is 1. The minimum atomic E-state index is -0.520. The lowest BCUT2D eigenvalue weighted by Gasteiger charge is -2.23. The normalized spacial score (nSPS) is 21.3. The molecule has 0 aliphatic carbocycles. The van der Waals surface area contributed by atoms with Crippen LogP contribution in [0.25, 0.3) is 22.2 Å². The van der Waals surface area contributed by atoms with Crippen LogP contribution in [0.1, 0.15) is 50.0 Å². The fourth-order valence-electron chi connectivity index (χ4n) is 4.38.